The van der Waals surface area contributed by atoms with Crippen LogP contribution in [0.25, 0.3) is 0 Å². The lowest BCUT2D eigenvalue weighted by atomic mass is 9.83. The van der Waals surface area contributed by atoms with Crippen LogP contribution in [0.15, 0.2) is 51.5 Å². The van der Waals surface area contributed by atoms with Crippen molar-refractivity contribution in [3.8, 4) is 5.75 Å². The number of aliphatic carboxylic acids is 3. The number of anilines is 2. The number of sulfonamides is 1. The molecule has 3 aliphatic rings. The lowest BCUT2D eigenvalue weighted by Crippen LogP contribution is -2.63. The fourth-order valence-corrected chi connectivity index (χ4v) is 15.4. The number of halogens is 1. The third-order valence-corrected chi connectivity index (χ3v) is 22.8. The van der Waals surface area contributed by atoms with Crippen molar-refractivity contribution in [3.05, 3.63) is 58.4 Å². The molecule has 5 heterocycles. The predicted octanol–water partition coefficient (Wildman–Crippen LogP) is 0.235. The zero-order valence-corrected chi connectivity index (χ0v) is 65.4. The summed E-state index contributed by atoms with van der Waals surface area (Å²) >= 11 is 7.42. The minimum atomic E-state index is -4.09. The number of hydrogen-bond donors (Lipinski definition) is 13. The number of carboxylic acids is 3. The van der Waals surface area contributed by atoms with Gasteiger partial charge in [0.15, 0.2) is 11.7 Å². The summed E-state index contributed by atoms with van der Waals surface area (Å²) in [5.74, 6) is -12.9. The molecular weight excluding hydrogens is 1550 g/mol. The topological polar surface area (TPSA) is 595 Å². The molecule has 3 aromatic rings. The summed E-state index contributed by atoms with van der Waals surface area (Å²) < 4.78 is 53.3. The van der Waals surface area contributed by atoms with Gasteiger partial charge in [0, 0.05) is 83.6 Å². The molecular formula is C65H92ClN17O23S4. The summed E-state index contributed by atoms with van der Waals surface area (Å²) in [6.45, 7) is 6.73. The molecule has 0 radical (unpaired) electrons. The van der Waals surface area contributed by atoms with E-state index in [0.29, 0.717) is 48.3 Å². The number of primary sulfonamides is 1. The summed E-state index contributed by atoms with van der Waals surface area (Å²) in [7, 11) is 3.41. The number of nitrogens with one attached hydrogen (secondary N) is 6. The van der Waals surface area contributed by atoms with Crippen molar-refractivity contribution < 1.29 is 110 Å². The van der Waals surface area contributed by atoms with Gasteiger partial charge in [-0.25, -0.2) is 27.9 Å². The van der Waals surface area contributed by atoms with Gasteiger partial charge in [0.25, 0.3) is 10.0 Å². The number of nitrogens with two attached hydrogens (primary N) is 3. The Bertz CT molecular complexity index is 4070. The van der Waals surface area contributed by atoms with E-state index in [1.54, 1.807) is 50.4 Å². The molecule has 45 heteroatoms. The molecule has 0 spiro atoms. The first-order chi connectivity index (χ1) is 51.7. The number of epoxide rings is 1. The number of alkyl carbamates (subject to hydrolysis) is 1. The number of nitrogens with zero attached hydrogens (tertiary/aromatic N) is 8. The van der Waals surface area contributed by atoms with Gasteiger partial charge in [-0.2, -0.15) is 0 Å². The van der Waals surface area contributed by atoms with Crippen molar-refractivity contribution in [1.29, 1.82) is 0 Å². The van der Waals surface area contributed by atoms with E-state index < -0.39 is 183 Å². The molecule has 0 aliphatic carbocycles. The van der Waals surface area contributed by atoms with Crippen LogP contribution in [0.1, 0.15) is 116 Å². The number of ether oxygens (including phenoxy) is 5. The minimum absolute atomic E-state index is 0.00698. The molecule has 16 N–H and O–H groups in total. The predicted molar refractivity (Wildman–Crippen MR) is 397 cm³/mol. The molecule has 6 rings (SSSR count). The van der Waals surface area contributed by atoms with E-state index >= 15 is 0 Å². The first-order valence-corrected chi connectivity index (χ1v) is 39.6. The van der Waals surface area contributed by atoms with E-state index in [2.05, 4.69) is 57.4 Å². The number of unbranched alkanes of at least 4 members (excludes halogenated alkanes) is 1. The number of hydrogen-bond acceptors (Lipinski definition) is 28. The molecule has 0 saturated carbocycles. The lowest BCUT2D eigenvalue weighted by molar-refractivity contribution is -0.162. The number of aliphatic hydroxyl groups is 1. The van der Waals surface area contributed by atoms with Crippen LogP contribution in [-0.4, -0.2) is 249 Å². The van der Waals surface area contributed by atoms with Crippen LogP contribution in [0.3, 0.4) is 0 Å². The van der Waals surface area contributed by atoms with Crippen LogP contribution < -0.4 is 58.1 Å². The molecule has 606 valence electrons. The molecule has 2 fully saturated rings. The molecule has 1 unspecified atom stereocenters. The second kappa shape index (κ2) is 41.1. The van der Waals surface area contributed by atoms with Gasteiger partial charge in [-0.05, 0) is 83.4 Å². The van der Waals surface area contributed by atoms with E-state index in [0.717, 1.165) is 32.1 Å². The van der Waals surface area contributed by atoms with Crippen molar-refractivity contribution in [3.63, 3.8) is 0 Å². The molecule has 12 atom stereocenters. The summed E-state index contributed by atoms with van der Waals surface area (Å²) in [6.07, 6.45) is -0.438. The fourth-order valence-electron chi connectivity index (χ4n) is 11.6. The van der Waals surface area contributed by atoms with Gasteiger partial charge in [-0.3, -0.25) is 58.1 Å². The zero-order valence-electron chi connectivity index (χ0n) is 61.3. The van der Waals surface area contributed by atoms with Crippen LogP contribution in [0.2, 0.25) is 5.02 Å². The van der Waals surface area contributed by atoms with Crippen molar-refractivity contribution in [1.82, 2.24) is 56.7 Å². The highest BCUT2D eigenvalue weighted by atomic mass is 35.5. The van der Waals surface area contributed by atoms with Crippen LogP contribution >= 0.6 is 44.5 Å². The van der Waals surface area contributed by atoms with Gasteiger partial charge >= 0.3 is 30.0 Å². The smallest absolute Gasteiger partial charge is 0.409 e. The van der Waals surface area contributed by atoms with Gasteiger partial charge in [0.05, 0.1) is 43.9 Å². The maximum Gasteiger partial charge on any atom is 0.409 e. The molecule has 2 aromatic heterocycles. The lowest BCUT2D eigenvalue weighted by Gasteiger charge is -2.42. The molecule has 3 aliphatic heterocycles. The summed E-state index contributed by atoms with van der Waals surface area (Å²) in [6, 6.07) is -5.02. The molecule has 110 heavy (non-hydrogen) atoms. The van der Waals surface area contributed by atoms with Gasteiger partial charge in [0.1, 0.15) is 64.9 Å². The Hall–Kier alpha value is -9.31. The van der Waals surface area contributed by atoms with Crippen molar-refractivity contribution >= 4 is 143 Å². The van der Waals surface area contributed by atoms with Crippen LogP contribution in [0, 0.1) is 5.92 Å². The maximum absolute atomic E-state index is 14.5. The quantitative estimate of drug-likeness (QED) is 0.00695. The van der Waals surface area contributed by atoms with Gasteiger partial charge in [-0.1, -0.05) is 80.5 Å². The first kappa shape index (κ1) is 89.6. The number of fused-ring (bicyclic) bond motifs is 5. The number of likely N-dealkylation sites (N-methyl/N-ethyl adjacent to an activating group) is 1. The summed E-state index contributed by atoms with van der Waals surface area (Å²) in [4.78, 5) is 166. The Labute approximate surface area is 648 Å². The number of rotatable bonds is 38. The monoisotopic (exact) mass is 1640 g/mol. The number of methoxy groups -OCH3 is 2. The molecule has 1 aromatic carbocycles. The first-order valence-electron chi connectivity index (χ1n) is 34.3. The van der Waals surface area contributed by atoms with Gasteiger partial charge in [0.2, 0.25) is 50.8 Å². The maximum atomic E-state index is 14.5. The minimum Gasteiger partial charge on any atom is -0.495 e. The number of guanidine groups is 1. The highest BCUT2D eigenvalue weighted by Gasteiger charge is 2.64. The third-order valence-electron chi connectivity index (χ3n) is 17.8. The van der Waals surface area contributed by atoms with E-state index in [1.165, 1.54) is 44.8 Å². The van der Waals surface area contributed by atoms with Crippen LogP contribution in [0.5, 0.6) is 5.75 Å². The number of benzene rings is 1. The number of carbonyl (C=O) groups excluding carboxylic acids is 9. The Morgan fingerprint density at radius 1 is 0.900 bits per heavy atom. The van der Waals surface area contributed by atoms with Crippen molar-refractivity contribution in [2.45, 2.75) is 194 Å². The standard InChI is InChI=1S/C65H92ClN17O23S4/c1-33-14-11-17-45(103-8)65(99)30-44(104-62(98)76-65)34(2)54-64(4,106-54)46(29-50(87)82(6)42-25-36(24-33)26-43(102-7)53(42)66)105-59(97)35(3)81(5)49(86)20-23-107-108-32-41(58(95)96)74-57(94)40(28-52(90)91)73-55(92)38(16-13-21-70-60(67)68)72-56(93)39(27-51(88)89)71-47(84)18-9-10-22-83-31-37(77-80-83)15-12-19-48(85)75-61-78-79-63(109-61)110(69,100)101/h11,14,17,25-26,31,34-35,38-41,44-46,54,99H,9-10,12-13,15-16,18-24,27-30,32H2,1-8H3,(H,71,84)(H,72,93)(H,73,92)(H,74,94)(H,76,98)(H,88,89)(H,90,91)(H,95,96)(H4,67,68,70)(H2,69,100,101)(H,75,78,85)/b17-11+,33-14+/t34-,35+,38+,39?,40-,41-,44+,45-,46+,54+,64-,65+/m0/s1. The highest BCUT2D eigenvalue weighted by Crippen LogP contribution is 2.49. The SMILES string of the molecule is COc1cc2cc(c1Cl)N(C)C(=O)C[C@@H](OC(=O)[C@@H](C)N(C)C(=O)CCSSC[C@H](NC(=O)[C@H](CC(=O)O)NC(=O)[C@@H](CCCN=C(N)N)NC(=O)C(CC(=O)O)NC(=O)CCCCn1cc(CCCC(=O)Nc3nnc(S(N)(=O)=O)s3)nn1)C(=O)O)[C@]1(C)O[C@@H]1[C@@H](C)[C@H]1C[C@](O)(NC(=O)O1)[C@@H](OC)/C=C/C=C(\C)C2. The van der Waals surface area contributed by atoms with E-state index in [-0.39, 0.29) is 91.3 Å². The number of carboxylic acid groups (broad SMARTS) is 3. The van der Waals surface area contributed by atoms with Gasteiger partial charge in [-0.15, -0.1) is 15.3 Å². The number of carbonyl (C=O) groups is 12. The Balaban J connectivity index is 1.03. The largest absolute Gasteiger partial charge is 0.495 e. The number of esters is 1. The zero-order chi connectivity index (χ0) is 81.5. The number of allylic oxidation sites excluding steroid dienone is 3. The van der Waals surface area contributed by atoms with Crippen molar-refractivity contribution in [2.75, 3.05) is 56.6 Å². The second-order valence-corrected chi connectivity index (χ2v) is 32.0. The second-order valence-electron chi connectivity index (χ2n) is 26.3. The van der Waals surface area contributed by atoms with Gasteiger partial charge < -0.3 is 92.0 Å². The number of aliphatic imine (C=N–C) groups is 1. The average Bonchev–Trinajstić information content (AvgIpc) is 1.59. The Morgan fingerprint density at radius 2 is 1.55 bits per heavy atom. The van der Waals surface area contributed by atoms with Crippen LogP contribution in [0.4, 0.5) is 15.6 Å². The molecule has 40 nitrogen and oxygen atoms in total. The molecule has 2 saturated heterocycles. The van der Waals surface area contributed by atoms with E-state index in [4.69, 9.17) is 51.9 Å². The third kappa shape index (κ3) is 26.7. The normalized spacial score (nSPS) is 22.0. The average molecular weight is 1640 g/mol. The highest BCUT2D eigenvalue weighted by molar-refractivity contribution is 8.76. The Morgan fingerprint density at radius 3 is 2.19 bits per heavy atom. The van der Waals surface area contributed by atoms with Crippen molar-refractivity contribution in [2.24, 2.45) is 27.5 Å². The molecule has 4 bridgehead atoms. The molecule has 8 amide bonds. The fraction of sp³-hybridized carbons (Fsp3) is 0.585. The van der Waals surface area contributed by atoms with E-state index in [1.807, 2.05) is 6.92 Å². The number of aryl methyl sites for hydroxylation is 2. The number of amides is 8. The summed E-state index contributed by atoms with van der Waals surface area (Å²) in [5.41, 5.74) is 9.88. The summed E-state index contributed by atoms with van der Waals surface area (Å²) in [5, 5.41) is 75.9. The van der Waals surface area contributed by atoms with E-state index in [9.17, 15) is 86.4 Å². The van der Waals surface area contributed by atoms with Crippen LogP contribution in [-0.2, 0) is 101 Å². The number of aromatic nitrogens is 5. The Kier molecular flexibility index (Phi) is 33.5.